The molecule has 4 amide bonds. The van der Waals surface area contributed by atoms with Crippen molar-refractivity contribution in [2.45, 2.75) is 84.6 Å². The lowest BCUT2D eigenvalue weighted by atomic mass is 9.69. The molecule has 2 fully saturated rings. The van der Waals surface area contributed by atoms with Crippen molar-refractivity contribution in [1.82, 2.24) is 10.2 Å². The first-order valence-electron chi connectivity index (χ1n) is 12.1. The highest BCUT2D eigenvalue weighted by Gasteiger charge is 2.55. The summed E-state index contributed by atoms with van der Waals surface area (Å²) in [7, 11) is 0. The van der Waals surface area contributed by atoms with Gasteiger partial charge in [0.05, 0.1) is 5.56 Å². The number of hydrogen-bond acceptors (Lipinski definition) is 5. The molecule has 0 radical (unpaired) electrons. The number of nitrogens with zero attached hydrogens (tertiary/aromatic N) is 2. The second-order valence-corrected chi connectivity index (χ2v) is 11.7. The van der Waals surface area contributed by atoms with Crippen LogP contribution in [0.2, 0.25) is 0 Å². The van der Waals surface area contributed by atoms with Gasteiger partial charge in [0.25, 0.3) is 5.91 Å². The third-order valence-corrected chi connectivity index (χ3v) is 9.62. The van der Waals surface area contributed by atoms with Gasteiger partial charge in [0.2, 0.25) is 5.91 Å². The number of thiophene rings is 1. The van der Waals surface area contributed by atoms with Crippen molar-refractivity contribution in [2.75, 3.05) is 11.9 Å². The monoisotopic (exact) mass is 470 g/mol. The van der Waals surface area contributed by atoms with E-state index < -0.39 is 17.5 Å². The lowest BCUT2D eigenvalue weighted by molar-refractivity contribution is -0.136. The minimum absolute atomic E-state index is 0.0466. The van der Waals surface area contributed by atoms with Gasteiger partial charge in [-0.25, -0.2) is 4.79 Å². The molecule has 0 aromatic carbocycles. The summed E-state index contributed by atoms with van der Waals surface area (Å²) < 4.78 is 0. The van der Waals surface area contributed by atoms with Crippen molar-refractivity contribution in [3.05, 3.63) is 16.0 Å². The molecule has 1 aromatic heterocycles. The fourth-order valence-electron chi connectivity index (χ4n) is 5.70. The lowest BCUT2D eigenvalue weighted by Gasteiger charge is -2.36. The van der Waals surface area contributed by atoms with E-state index in [1.807, 2.05) is 6.92 Å². The van der Waals surface area contributed by atoms with E-state index in [0.29, 0.717) is 22.9 Å². The second-order valence-electron chi connectivity index (χ2n) is 10.6. The number of hydrogen-bond donors (Lipinski definition) is 2. The van der Waals surface area contributed by atoms with Crippen LogP contribution >= 0.6 is 11.3 Å². The zero-order chi connectivity index (χ0) is 24.0. The Balaban J connectivity index is 1.48. The maximum atomic E-state index is 13.1. The highest BCUT2D eigenvalue weighted by molar-refractivity contribution is 7.16. The predicted octanol–water partition coefficient (Wildman–Crippen LogP) is 4.60. The Labute approximate surface area is 199 Å². The number of carbonyl (C=O) groups is 3. The van der Waals surface area contributed by atoms with Crippen molar-refractivity contribution < 1.29 is 14.4 Å². The van der Waals surface area contributed by atoms with Crippen molar-refractivity contribution in [1.29, 1.82) is 5.26 Å². The normalized spacial score (nSPS) is 27.3. The van der Waals surface area contributed by atoms with E-state index in [1.54, 1.807) is 0 Å². The van der Waals surface area contributed by atoms with Crippen molar-refractivity contribution in [3.63, 3.8) is 0 Å². The molecule has 3 aliphatic rings. The SMILES string of the molecule is CCC(C)(C)[C@@H]1CCc2c(sc(NC(=O)CN3C(=O)N[C@@]4(CCCC[C@@H]4C)C3=O)c2C#N)C1. The molecule has 1 saturated heterocycles. The van der Waals surface area contributed by atoms with Crippen LogP contribution in [0.1, 0.15) is 82.2 Å². The second kappa shape index (κ2) is 8.75. The molecule has 7 nitrogen and oxygen atoms in total. The van der Waals surface area contributed by atoms with Crippen molar-refractivity contribution in [3.8, 4) is 6.07 Å². The van der Waals surface area contributed by atoms with Crippen LogP contribution in [-0.2, 0) is 22.4 Å². The summed E-state index contributed by atoms with van der Waals surface area (Å²) in [4.78, 5) is 40.8. The van der Waals surface area contributed by atoms with Gasteiger partial charge in [-0.1, -0.05) is 47.0 Å². The molecule has 2 N–H and O–H groups in total. The van der Waals surface area contributed by atoms with Crippen LogP contribution in [0.5, 0.6) is 0 Å². The summed E-state index contributed by atoms with van der Waals surface area (Å²) in [5.74, 6) is -0.154. The Bertz CT molecular complexity index is 1020. The zero-order valence-corrected chi connectivity index (χ0v) is 20.9. The lowest BCUT2D eigenvalue weighted by Crippen LogP contribution is -2.54. The molecule has 0 bridgehead atoms. The van der Waals surface area contributed by atoms with Crippen LogP contribution in [0.3, 0.4) is 0 Å². The third-order valence-electron chi connectivity index (χ3n) is 8.45. The van der Waals surface area contributed by atoms with E-state index in [4.69, 9.17) is 0 Å². The number of imide groups is 1. The predicted molar refractivity (Wildman–Crippen MR) is 128 cm³/mol. The molecule has 2 heterocycles. The number of urea groups is 1. The number of nitriles is 1. The average Bonchev–Trinajstić information content (AvgIpc) is 3.24. The molecule has 2 aliphatic carbocycles. The molecule has 1 aliphatic heterocycles. The Hall–Kier alpha value is -2.40. The number of anilines is 1. The quantitative estimate of drug-likeness (QED) is 0.614. The van der Waals surface area contributed by atoms with Crippen LogP contribution < -0.4 is 10.6 Å². The van der Waals surface area contributed by atoms with Crippen LogP contribution in [0.4, 0.5) is 9.80 Å². The Morgan fingerprint density at radius 1 is 1.33 bits per heavy atom. The number of amides is 4. The van der Waals surface area contributed by atoms with E-state index >= 15 is 0 Å². The van der Waals surface area contributed by atoms with Crippen LogP contribution in [0.25, 0.3) is 0 Å². The summed E-state index contributed by atoms with van der Waals surface area (Å²) in [6, 6.07) is 1.78. The molecule has 1 spiro atoms. The standard InChI is InChI=1S/C25H34N4O3S/c1-5-24(3,4)16-9-10-17-18(13-26)21(33-19(17)12-16)27-20(30)14-29-22(31)25(28-23(29)32)11-7-6-8-15(25)2/h15-16H,5-12,14H2,1-4H3,(H,27,30)(H,28,32)/t15-,16+,25+/m0/s1. The van der Waals surface area contributed by atoms with Crippen LogP contribution in [0, 0.1) is 28.6 Å². The largest absolute Gasteiger partial charge is 0.325 e. The van der Waals surface area contributed by atoms with E-state index in [1.165, 1.54) is 16.2 Å². The van der Waals surface area contributed by atoms with E-state index in [-0.39, 0.29) is 23.8 Å². The maximum Gasteiger partial charge on any atom is 0.325 e. The zero-order valence-electron chi connectivity index (χ0n) is 20.0. The third kappa shape index (κ3) is 4.05. The van der Waals surface area contributed by atoms with Gasteiger partial charge in [0, 0.05) is 4.88 Å². The summed E-state index contributed by atoms with van der Waals surface area (Å²) in [6.45, 7) is 8.45. The van der Waals surface area contributed by atoms with Crippen molar-refractivity contribution >= 4 is 34.2 Å². The minimum atomic E-state index is -0.878. The Morgan fingerprint density at radius 3 is 2.76 bits per heavy atom. The topological polar surface area (TPSA) is 102 Å². The van der Waals surface area contributed by atoms with E-state index in [0.717, 1.165) is 55.4 Å². The summed E-state index contributed by atoms with van der Waals surface area (Å²) >= 11 is 1.47. The molecule has 178 valence electrons. The summed E-state index contributed by atoms with van der Waals surface area (Å²) in [5.41, 5.74) is 0.932. The fraction of sp³-hybridized carbons (Fsp3) is 0.680. The van der Waals surface area contributed by atoms with Gasteiger partial charge in [0.15, 0.2) is 0 Å². The van der Waals surface area contributed by atoms with Gasteiger partial charge in [-0.15, -0.1) is 11.3 Å². The fourth-order valence-corrected chi connectivity index (χ4v) is 6.99. The molecule has 33 heavy (non-hydrogen) atoms. The first-order valence-corrected chi connectivity index (χ1v) is 12.9. The molecule has 0 unspecified atom stereocenters. The molecule has 4 rings (SSSR count). The van der Waals surface area contributed by atoms with Crippen molar-refractivity contribution in [2.24, 2.45) is 17.3 Å². The Morgan fingerprint density at radius 2 is 2.09 bits per heavy atom. The number of carbonyl (C=O) groups excluding carboxylic acids is 3. The molecule has 8 heteroatoms. The average molecular weight is 471 g/mol. The first kappa shape index (κ1) is 23.7. The van der Waals surface area contributed by atoms with Gasteiger partial charge >= 0.3 is 6.03 Å². The highest BCUT2D eigenvalue weighted by atomic mass is 32.1. The number of nitrogens with one attached hydrogen (secondary N) is 2. The van der Waals surface area contributed by atoms with Gasteiger partial charge < -0.3 is 10.6 Å². The smallest absolute Gasteiger partial charge is 0.323 e. The van der Waals surface area contributed by atoms with Crippen LogP contribution in [0.15, 0.2) is 0 Å². The minimum Gasteiger partial charge on any atom is -0.323 e. The summed E-state index contributed by atoms with van der Waals surface area (Å²) in [5, 5.41) is 16.0. The van der Waals surface area contributed by atoms with Gasteiger partial charge in [-0.3, -0.25) is 14.5 Å². The highest BCUT2D eigenvalue weighted by Crippen LogP contribution is 2.45. The van der Waals surface area contributed by atoms with Crippen LogP contribution in [-0.4, -0.2) is 34.8 Å². The molecular formula is C25H34N4O3S. The summed E-state index contributed by atoms with van der Waals surface area (Å²) in [6.07, 6.45) is 7.32. The molecular weight excluding hydrogens is 436 g/mol. The maximum absolute atomic E-state index is 13.1. The van der Waals surface area contributed by atoms with Gasteiger partial charge in [0.1, 0.15) is 23.2 Å². The molecule has 3 atom stereocenters. The molecule has 1 aromatic rings. The number of fused-ring (bicyclic) bond motifs is 1. The van der Waals surface area contributed by atoms with E-state index in [9.17, 15) is 19.6 Å². The van der Waals surface area contributed by atoms with Gasteiger partial charge in [-0.2, -0.15) is 5.26 Å². The first-order chi connectivity index (χ1) is 15.6. The van der Waals surface area contributed by atoms with E-state index in [2.05, 4.69) is 37.5 Å². The Kier molecular flexibility index (Phi) is 6.30. The van der Waals surface area contributed by atoms with Gasteiger partial charge in [-0.05, 0) is 54.9 Å². The number of rotatable bonds is 5. The molecule has 1 saturated carbocycles.